The zero-order valence-corrected chi connectivity index (χ0v) is 14.3. The summed E-state index contributed by atoms with van der Waals surface area (Å²) in [5.41, 5.74) is 0.333. The van der Waals surface area contributed by atoms with Gasteiger partial charge in [-0.1, -0.05) is 19.8 Å². The SMILES string of the molecule is COc1ccc(NC(=O)NC2CCCC(C)C2)cc1OCC(F)(F)F. The maximum atomic E-state index is 12.3. The lowest BCUT2D eigenvalue weighted by atomic mass is 9.87. The first-order valence-corrected chi connectivity index (χ1v) is 8.22. The molecule has 0 aromatic heterocycles. The molecule has 1 fully saturated rings. The standard InChI is InChI=1S/C17H23F3N2O3/c1-11-4-3-5-12(8-11)21-16(23)22-13-6-7-14(24-2)15(9-13)25-10-17(18,19)20/h6-7,9,11-12H,3-5,8,10H2,1-2H3,(H2,21,22,23). The van der Waals surface area contributed by atoms with E-state index in [4.69, 9.17) is 9.47 Å². The number of hydrogen-bond donors (Lipinski definition) is 2. The highest BCUT2D eigenvalue weighted by Crippen LogP contribution is 2.31. The van der Waals surface area contributed by atoms with Crippen LogP contribution in [-0.4, -0.2) is 32.0 Å². The fourth-order valence-electron chi connectivity index (χ4n) is 2.94. The van der Waals surface area contributed by atoms with Crippen molar-refractivity contribution < 1.29 is 27.4 Å². The summed E-state index contributed by atoms with van der Waals surface area (Å²) >= 11 is 0. The van der Waals surface area contributed by atoms with Crippen LogP contribution in [0.2, 0.25) is 0 Å². The van der Waals surface area contributed by atoms with Crippen LogP contribution in [0.1, 0.15) is 32.6 Å². The molecule has 2 rings (SSSR count). The maximum Gasteiger partial charge on any atom is 0.422 e. The van der Waals surface area contributed by atoms with Crippen molar-refractivity contribution in [3.63, 3.8) is 0 Å². The summed E-state index contributed by atoms with van der Waals surface area (Å²) in [5.74, 6) is 0.655. The van der Waals surface area contributed by atoms with Crippen molar-refractivity contribution in [2.24, 2.45) is 5.92 Å². The number of carbonyl (C=O) groups is 1. The van der Waals surface area contributed by atoms with Crippen LogP contribution in [0, 0.1) is 5.92 Å². The van der Waals surface area contributed by atoms with Crippen molar-refractivity contribution >= 4 is 11.7 Å². The smallest absolute Gasteiger partial charge is 0.422 e. The quantitative estimate of drug-likeness (QED) is 0.821. The van der Waals surface area contributed by atoms with E-state index >= 15 is 0 Å². The third-order valence-electron chi connectivity index (χ3n) is 4.08. The summed E-state index contributed by atoms with van der Waals surface area (Å²) in [6, 6.07) is 4.04. The van der Waals surface area contributed by atoms with Gasteiger partial charge in [0.05, 0.1) is 7.11 Å². The van der Waals surface area contributed by atoms with Gasteiger partial charge in [-0.3, -0.25) is 0 Å². The molecule has 0 spiro atoms. The van der Waals surface area contributed by atoms with Gasteiger partial charge in [0.1, 0.15) is 0 Å². The van der Waals surface area contributed by atoms with Crippen LogP contribution in [0.25, 0.3) is 0 Å². The third kappa shape index (κ3) is 6.36. The van der Waals surface area contributed by atoms with Gasteiger partial charge in [0.2, 0.25) is 0 Å². The van der Waals surface area contributed by atoms with Crippen molar-refractivity contribution in [1.82, 2.24) is 5.32 Å². The molecule has 2 amide bonds. The second-order valence-electron chi connectivity index (χ2n) is 6.34. The molecule has 25 heavy (non-hydrogen) atoms. The fraction of sp³-hybridized carbons (Fsp3) is 0.588. The largest absolute Gasteiger partial charge is 0.493 e. The number of benzene rings is 1. The highest BCUT2D eigenvalue weighted by molar-refractivity contribution is 5.89. The summed E-state index contributed by atoms with van der Waals surface area (Å²) in [4.78, 5) is 12.1. The van der Waals surface area contributed by atoms with E-state index in [9.17, 15) is 18.0 Å². The summed E-state index contributed by atoms with van der Waals surface area (Å²) in [6.45, 7) is 0.721. The van der Waals surface area contributed by atoms with E-state index in [0.717, 1.165) is 25.7 Å². The molecular weight excluding hydrogens is 337 g/mol. The van der Waals surface area contributed by atoms with E-state index in [-0.39, 0.29) is 23.6 Å². The number of methoxy groups -OCH3 is 1. The minimum Gasteiger partial charge on any atom is -0.493 e. The highest BCUT2D eigenvalue weighted by Gasteiger charge is 2.29. The summed E-state index contributed by atoms with van der Waals surface area (Å²) in [6.07, 6.45) is -0.359. The van der Waals surface area contributed by atoms with E-state index in [0.29, 0.717) is 11.6 Å². The normalized spacial score (nSPS) is 20.7. The molecule has 1 aliphatic rings. The van der Waals surface area contributed by atoms with E-state index in [2.05, 4.69) is 17.6 Å². The van der Waals surface area contributed by atoms with Crippen molar-refractivity contribution in [2.75, 3.05) is 19.0 Å². The minimum atomic E-state index is -4.45. The molecule has 8 heteroatoms. The number of rotatable bonds is 5. The van der Waals surface area contributed by atoms with Gasteiger partial charge in [-0.2, -0.15) is 13.2 Å². The van der Waals surface area contributed by atoms with Gasteiger partial charge in [-0.05, 0) is 30.9 Å². The van der Waals surface area contributed by atoms with Crippen LogP contribution in [0.3, 0.4) is 0 Å². The maximum absolute atomic E-state index is 12.3. The predicted molar refractivity (Wildman–Crippen MR) is 88.1 cm³/mol. The Hall–Kier alpha value is -2.12. The zero-order chi connectivity index (χ0) is 18.4. The molecule has 1 aliphatic carbocycles. The van der Waals surface area contributed by atoms with Gasteiger partial charge in [0, 0.05) is 17.8 Å². The number of amides is 2. The second kappa shape index (κ2) is 8.31. The van der Waals surface area contributed by atoms with Crippen LogP contribution >= 0.6 is 0 Å². The van der Waals surface area contributed by atoms with Crippen LogP contribution in [0.4, 0.5) is 23.7 Å². The molecule has 2 unspecified atom stereocenters. The molecular formula is C17H23F3N2O3. The van der Waals surface area contributed by atoms with Gasteiger partial charge < -0.3 is 20.1 Å². The topological polar surface area (TPSA) is 59.6 Å². The highest BCUT2D eigenvalue weighted by atomic mass is 19.4. The Morgan fingerprint density at radius 1 is 1.28 bits per heavy atom. The number of anilines is 1. The third-order valence-corrected chi connectivity index (χ3v) is 4.08. The van der Waals surface area contributed by atoms with E-state index in [1.54, 1.807) is 6.07 Å². The molecule has 5 nitrogen and oxygen atoms in total. The molecule has 2 N–H and O–H groups in total. The summed E-state index contributed by atoms with van der Waals surface area (Å²) in [7, 11) is 1.33. The Morgan fingerprint density at radius 2 is 2.04 bits per heavy atom. The van der Waals surface area contributed by atoms with Crippen LogP contribution in [-0.2, 0) is 0 Å². The Kier molecular flexibility index (Phi) is 6.39. The molecule has 0 bridgehead atoms. The first-order valence-electron chi connectivity index (χ1n) is 8.22. The molecule has 1 saturated carbocycles. The Bertz CT molecular complexity index is 593. The Balaban J connectivity index is 1.97. The average Bonchev–Trinajstić information content (AvgIpc) is 2.52. The van der Waals surface area contributed by atoms with Crippen LogP contribution in [0.15, 0.2) is 18.2 Å². The molecule has 140 valence electrons. The molecule has 0 radical (unpaired) electrons. The minimum absolute atomic E-state index is 0.0797. The monoisotopic (exact) mass is 360 g/mol. The summed E-state index contributed by atoms with van der Waals surface area (Å²) in [5, 5.41) is 5.53. The van der Waals surface area contributed by atoms with E-state index in [1.807, 2.05) is 0 Å². The summed E-state index contributed by atoms with van der Waals surface area (Å²) < 4.78 is 46.7. The van der Waals surface area contributed by atoms with Gasteiger partial charge in [-0.15, -0.1) is 0 Å². The number of urea groups is 1. The number of nitrogens with one attached hydrogen (secondary N) is 2. The average molecular weight is 360 g/mol. The Labute approximate surface area is 144 Å². The number of ether oxygens (including phenoxy) is 2. The molecule has 1 aromatic rings. The number of alkyl halides is 3. The van der Waals surface area contributed by atoms with E-state index in [1.165, 1.54) is 19.2 Å². The number of halogens is 3. The lowest BCUT2D eigenvalue weighted by molar-refractivity contribution is -0.153. The van der Waals surface area contributed by atoms with Crippen LogP contribution < -0.4 is 20.1 Å². The van der Waals surface area contributed by atoms with Gasteiger partial charge >= 0.3 is 12.2 Å². The van der Waals surface area contributed by atoms with Crippen molar-refractivity contribution in [2.45, 2.75) is 44.8 Å². The molecule has 2 atom stereocenters. The number of carbonyl (C=O) groups excluding carboxylic acids is 1. The molecule has 1 aromatic carbocycles. The van der Waals surface area contributed by atoms with E-state index < -0.39 is 12.8 Å². The first kappa shape index (κ1) is 19.2. The van der Waals surface area contributed by atoms with Gasteiger partial charge in [-0.25, -0.2) is 4.79 Å². The molecule has 0 aliphatic heterocycles. The zero-order valence-electron chi connectivity index (χ0n) is 14.3. The predicted octanol–water partition coefficient (Wildman–Crippen LogP) is 4.34. The van der Waals surface area contributed by atoms with Crippen molar-refractivity contribution in [3.05, 3.63) is 18.2 Å². The van der Waals surface area contributed by atoms with Gasteiger partial charge in [0.15, 0.2) is 18.1 Å². The van der Waals surface area contributed by atoms with Gasteiger partial charge in [0.25, 0.3) is 0 Å². The molecule has 0 saturated heterocycles. The lowest BCUT2D eigenvalue weighted by Gasteiger charge is -2.27. The van der Waals surface area contributed by atoms with Crippen molar-refractivity contribution in [1.29, 1.82) is 0 Å². The van der Waals surface area contributed by atoms with Crippen LogP contribution in [0.5, 0.6) is 11.5 Å². The second-order valence-corrected chi connectivity index (χ2v) is 6.34. The fourth-order valence-corrected chi connectivity index (χ4v) is 2.94. The Morgan fingerprint density at radius 3 is 2.68 bits per heavy atom. The number of hydrogen-bond acceptors (Lipinski definition) is 3. The molecule has 0 heterocycles. The van der Waals surface area contributed by atoms with Crippen molar-refractivity contribution in [3.8, 4) is 11.5 Å². The lowest BCUT2D eigenvalue weighted by Crippen LogP contribution is -2.40. The first-order chi connectivity index (χ1) is 11.8.